The lowest BCUT2D eigenvalue weighted by molar-refractivity contribution is -0.121. The number of carbonyl (C=O) groups is 1. The number of benzene rings is 1. The van der Waals surface area contributed by atoms with Crippen molar-refractivity contribution < 1.29 is 14.3 Å². The second-order valence-corrected chi connectivity index (χ2v) is 9.46. The summed E-state index contributed by atoms with van der Waals surface area (Å²) in [5, 5.41) is 3.05. The second-order valence-electron chi connectivity index (χ2n) is 9.46. The molecule has 4 heteroatoms. The molecule has 0 radical (unpaired) electrons. The highest BCUT2D eigenvalue weighted by Crippen LogP contribution is 2.28. The summed E-state index contributed by atoms with van der Waals surface area (Å²) in [6.45, 7) is 3.92. The van der Waals surface area contributed by atoms with Crippen molar-refractivity contribution in [2.24, 2.45) is 5.92 Å². The molecule has 0 aromatic heterocycles. The minimum absolute atomic E-state index is 0.246. The molecule has 0 aliphatic heterocycles. The highest BCUT2D eigenvalue weighted by molar-refractivity contribution is 5.75. The van der Waals surface area contributed by atoms with Gasteiger partial charge in [0.2, 0.25) is 5.91 Å². The standard InChI is InChI=1S/C28H47NO3/c1-3-4-5-12-15-25-19-20-26(22-27(25)31-2)32-21-14-11-9-7-6-8-10-13-16-28(30)29-23-24-17-18-24/h19-20,22,24H,3-18,21,23H2,1-2H3,(H,29,30). The normalized spacial score (nSPS) is 13.2. The van der Waals surface area contributed by atoms with Gasteiger partial charge in [0, 0.05) is 19.0 Å². The average Bonchev–Trinajstić information content (AvgIpc) is 3.64. The van der Waals surface area contributed by atoms with Gasteiger partial charge in [-0.1, -0.05) is 70.8 Å². The van der Waals surface area contributed by atoms with Crippen LogP contribution >= 0.6 is 0 Å². The molecule has 1 amide bonds. The molecule has 1 aromatic carbocycles. The highest BCUT2D eigenvalue weighted by atomic mass is 16.5. The van der Waals surface area contributed by atoms with E-state index in [1.807, 2.05) is 6.07 Å². The van der Waals surface area contributed by atoms with E-state index in [0.29, 0.717) is 6.42 Å². The third-order valence-corrected chi connectivity index (χ3v) is 6.41. The third kappa shape index (κ3) is 12.4. The molecule has 0 heterocycles. The predicted octanol–water partition coefficient (Wildman–Crippen LogP) is 7.23. The summed E-state index contributed by atoms with van der Waals surface area (Å²) in [7, 11) is 1.75. The van der Waals surface area contributed by atoms with Crippen molar-refractivity contribution in [1.29, 1.82) is 0 Å². The number of nitrogens with one attached hydrogen (secondary N) is 1. The Hall–Kier alpha value is -1.71. The topological polar surface area (TPSA) is 47.6 Å². The summed E-state index contributed by atoms with van der Waals surface area (Å²) in [6.07, 6.45) is 19.1. The molecule has 2 rings (SSSR count). The van der Waals surface area contributed by atoms with Crippen LogP contribution in [-0.4, -0.2) is 26.2 Å². The number of methoxy groups -OCH3 is 1. The Morgan fingerprint density at radius 3 is 2.31 bits per heavy atom. The molecule has 0 bridgehead atoms. The van der Waals surface area contributed by atoms with Gasteiger partial charge in [-0.25, -0.2) is 0 Å². The van der Waals surface area contributed by atoms with Crippen LogP contribution in [0.5, 0.6) is 11.5 Å². The van der Waals surface area contributed by atoms with Crippen molar-refractivity contribution in [3.05, 3.63) is 23.8 Å². The van der Waals surface area contributed by atoms with Crippen molar-refractivity contribution in [2.75, 3.05) is 20.3 Å². The minimum atomic E-state index is 0.246. The van der Waals surface area contributed by atoms with Crippen LogP contribution in [0.15, 0.2) is 18.2 Å². The lowest BCUT2D eigenvalue weighted by Gasteiger charge is -2.12. The molecule has 0 atom stereocenters. The van der Waals surface area contributed by atoms with Gasteiger partial charge in [0.25, 0.3) is 0 Å². The van der Waals surface area contributed by atoms with Crippen molar-refractivity contribution in [1.82, 2.24) is 5.32 Å². The maximum Gasteiger partial charge on any atom is 0.220 e. The van der Waals surface area contributed by atoms with Gasteiger partial charge in [-0.2, -0.15) is 0 Å². The fourth-order valence-corrected chi connectivity index (χ4v) is 4.07. The molecule has 1 N–H and O–H groups in total. The first kappa shape index (κ1) is 26.5. The highest BCUT2D eigenvalue weighted by Gasteiger charge is 2.21. The first-order valence-corrected chi connectivity index (χ1v) is 13.3. The number of carbonyl (C=O) groups excluding carboxylic acids is 1. The minimum Gasteiger partial charge on any atom is -0.496 e. The smallest absolute Gasteiger partial charge is 0.220 e. The first-order valence-electron chi connectivity index (χ1n) is 13.3. The molecule has 4 nitrogen and oxygen atoms in total. The molecule has 1 saturated carbocycles. The number of hydrogen-bond donors (Lipinski definition) is 1. The van der Waals surface area contributed by atoms with E-state index in [9.17, 15) is 4.79 Å². The van der Waals surface area contributed by atoms with E-state index in [4.69, 9.17) is 9.47 Å². The molecular formula is C28H47NO3. The Kier molecular flexibility index (Phi) is 14.0. The molecule has 1 aliphatic rings. The Morgan fingerprint density at radius 1 is 0.938 bits per heavy atom. The number of ether oxygens (including phenoxy) is 2. The van der Waals surface area contributed by atoms with Gasteiger partial charge in [-0.05, 0) is 56.1 Å². The summed E-state index contributed by atoms with van der Waals surface area (Å²) < 4.78 is 11.5. The van der Waals surface area contributed by atoms with Gasteiger partial charge in [-0.15, -0.1) is 0 Å². The Labute approximate surface area is 196 Å². The summed E-state index contributed by atoms with van der Waals surface area (Å²) in [5.74, 6) is 2.90. The van der Waals surface area contributed by atoms with Gasteiger partial charge >= 0.3 is 0 Å². The van der Waals surface area contributed by atoms with Crippen molar-refractivity contribution in [3.8, 4) is 11.5 Å². The van der Waals surface area contributed by atoms with E-state index >= 15 is 0 Å². The number of rotatable bonds is 20. The Morgan fingerprint density at radius 2 is 1.62 bits per heavy atom. The largest absolute Gasteiger partial charge is 0.496 e. The van der Waals surface area contributed by atoms with E-state index in [0.717, 1.165) is 49.8 Å². The van der Waals surface area contributed by atoms with E-state index in [-0.39, 0.29) is 5.91 Å². The van der Waals surface area contributed by atoms with Crippen molar-refractivity contribution >= 4 is 5.91 Å². The number of amides is 1. The van der Waals surface area contributed by atoms with Crippen LogP contribution in [0.2, 0.25) is 0 Å². The van der Waals surface area contributed by atoms with E-state index in [2.05, 4.69) is 24.4 Å². The number of hydrogen-bond acceptors (Lipinski definition) is 3. The lowest BCUT2D eigenvalue weighted by atomic mass is 10.1. The lowest BCUT2D eigenvalue weighted by Crippen LogP contribution is -2.25. The molecule has 1 aromatic rings. The maximum absolute atomic E-state index is 11.7. The number of aryl methyl sites for hydroxylation is 1. The summed E-state index contributed by atoms with van der Waals surface area (Å²) in [5.41, 5.74) is 1.29. The van der Waals surface area contributed by atoms with E-state index in [1.165, 1.54) is 82.6 Å². The average molecular weight is 446 g/mol. The molecule has 0 spiro atoms. The van der Waals surface area contributed by atoms with E-state index in [1.54, 1.807) is 7.11 Å². The van der Waals surface area contributed by atoms with Crippen LogP contribution in [0, 0.1) is 5.92 Å². The monoisotopic (exact) mass is 445 g/mol. The molecular weight excluding hydrogens is 398 g/mol. The quantitative estimate of drug-likeness (QED) is 0.215. The van der Waals surface area contributed by atoms with Crippen LogP contribution in [0.4, 0.5) is 0 Å². The second kappa shape index (κ2) is 16.9. The summed E-state index contributed by atoms with van der Waals surface area (Å²) in [6, 6.07) is 6.29. The predicted molar refractivity (Wildman–Crippen MR) is 134 cm³/mol. The Bertz CT molecular complexity index is 627. The first-order chi connectivity index (χ1) is 15.7. The van der Waals surface area contributed by atoms with Gasteiger partial charge < -0.3 is 14.8 Å². The van der Waals surface area contributed by atoms with Crippen molar-refractivity contribution in [2.45, 2.75) is 110 Å². The van der Waals surface area contributed by atoms with Gasteiger partial charge in [0.05, 0.1) is 13.7 Å². The third-order valence-electron chi connectivity index (χ3n) is 6.41. The SMILES string of the molecule is CCCCCCc1ccc(OCCCCCCCCCCC(=O)NCC2CC2)cc1OC. The molecule has 0 saturated heterocycles. The van der Waals surface area contributed by atoms with E-state index < -0.39 is 0 Å². The molecule has 182 valence electrons. The summed E-state index contributed by atoms with van der Waals surface area (Å²) in [4.78, 5) is 11.7. The molecule has 32 heavy (non-hydrogen) atoms. The maximum atomic E-state index is 11.7. The fourth-order valence-electron chi connectivity index (χ4n) is 4.07. The van der Waals surface area contributed by atoms with Gasteiger partial charge in [0.15, 0.2) is 0 Å². The zero-order chi connectivity index (χ0) is 22.9. The van der Waals surface area contributed by atoms with Crippen LogP contribution in [0.1, 0.15) is 109 Å². The molecule has 0 unspecified atom stereocenters. The number of unbranched alkanes of at least 4 members (excludes halogenated alkanes) is 10. The van der Waals surface area contributed by atoms with Crippen LogP contribution in [0.25, 0.3) is 0 Å². The molecule has 1 aliphatic carbocycles. The molecule has 1 fully saturated rings. The van der Waals surface area contributed by atoms with Crippen LogP contribution in [0.3, 0.4) is 0 Å². The van der Waals surface area contributed by atoms with Crippen LogP contribution in [-0.2, 0) is 11.2 Å². The fraction of sp³-hybridized carbons (Fsp3) is 0.750. The van der Waals surface area contributed by atoms with Crippen molar-refractivity contribution in [3.63, 3.8) is 0 Å². The van der Waals surface area contributed by atoms with Crippen LogP contribution < -0.4 is 14.8 Å². The Balaban J connectivity index is 1.42. The van der Waals surface area contributed by atoms with Gasteiger partial charge in [0.1, 0.15) is 11.5 Å². The van der Waals surface area contributed by atoms with Gasteiger partial charge in [-0.3, -0.25) is 4.79 Å². The summed E-state index contributed by atoms with van der Waals surface area (Å²) >= 11 is 0. The zero-order valence-corrected chi connectivity index (χ0v) is 20.8. The zero-order valence-electron chi connectivity index (χ0n) is 20.8.